The highest BCUT2D eigenvalue weighted by Crippen LogP contribution is 2.29. The van der Waals surface area contributed by atoms with E-state index in [1.54, 1.807) is 19.2 Å². The minimum atomic E-state index is -4.41. The third kappa shape index (κ3) is 4.54. The molecular weight excluding hydrogens is 295 g/mol. The molecule has 1 aromatic carbocycles. The molecule has 1 N–H and O–H groups in total. The van der Waals surface area contributed by atoms with Gasteiger partial charge in [-0.15, -0.1) is 0 Å². The van der Waals surface area contributed by atoms with Crippen molar-refractivity contribution in [2.24, 2.45) is 0 Å². The van der Waals surface area contributed by atoms with Crippen LogP contribution in [0.15, 0.2) is 36.5 Å². The molecule has 0 bridgehead atoms. The first kappa shape index (κ1) is 15.9. The van der Waals surface area contributed by atoms with Gasteiger partial charge in [0, 0.05) is 6.20 Å². The molecule has 116 valence electrons. The van der Waals surface area contributed by atoms with E-state index in [1.807, 2.05) is 0 Å². The Balaban J connectivity index is 1.95. The Kier molecular flexibility index (Phi) is 4.75. The Morgan fingerprint density at radius 3 is 2.73 bits per heavy atom. The summed E-state index contributed by atoms with van der Waals surface area (Å²) in [5.41, 5.74) is 0.195. The molecular formula is C15H14F3N3O. The second kappa shape index (κ2) is 6.55. The van der Waals surface area contributed by atoms with Crippen molar-refractivity contribution in [2.75, 3.05) is 0 Å². The summed E-state index contributed by atoms with van der Waals surface area (Å²) in [6, 6.07) is 6.40. The van der Waals surface area contributed by atoms with Crippen molar-refractivity contribution in [1.29, 1.82) is 0 Å². The number of nitrogens with zero attached hydrogens (tertiary/aromatic N) is 2. The van der Waals surface area contributed by atoms with E-state index < -0.39 is 11.7 Å². The average molecular weight is 309 g/mol. The molecule has 0 atom stereocenters. The van der Waals surface area contributed by atoms with E-state index in [0.29, 0.717) is 17.1 Å². The molecule has 0 saturated carbocycles. The number of halogens is 3. The average Bonchev–Trinajstić information content (AvgIpc) is 2.45. The second-order valence-corrected chi connectivity index (χ2v) is 4.75. The molecule has 2 rings (SSSR count). The van der Waals surface area contributed by atoms with E-state index in [4.69, 9.17) is 0 Å². The number of amides is 1. The number of nitrogens with one attached hydrogen (secondary N) is 1. The lowest BCUT2D eigenvalue weighted by Gasteiger charge is -2.09. The van der Waals surface area contributed by atoms with Crippen molar-refractivity contribution >= 4 is 5.91 Å². The minimum absolute atomic E-state index is 0.117. The predicted molar refractivity (Wildman–Crippen MR) is 73.8 cm³/mol. The van der Waals surface area contributed by atoms with Gasteiger partial charge in [-0.25, -0.2) is 9.97 Å². The van der Waals surface area contributed by atoms with Crippen LogP contribution in [0, 0.1) is 6.92 Å². The van der Waals surface area contributed by atoms with Crippen LogP contribution in [0.1, 0.15) is 22.6 Å². The smallest absolute Gasteiger partial charge is 0.350 e. The Bertz CT molecular complexity index is 671. The maximum Gasteiger partial charge on any atom is 0.416 e. The number of benzene rings is 1. The summed E-state index contributed by atoms with van der Waals surface area (Å²) < 4.78 is 37.8. The summed E-state index contributed by atoms with van der Waals surface area (Å²) in [7, 11) is 0. The lowest BCUT2D eigenvalue weighted by molar-refractivity contribution is -0.137. The van der Waals surface area contributed by atoms with Gasteiger partial charge in [-0.1, -0.05) is 18.2 Å². The molecule has 7 heteroatoms. The van der Waals surface area contributed by atoms with Gasteiger partial charge < -0.3 is 5.32 Å². The standard InChI is InChI=1S/C15H14F3N3O/c1-10-19-6-5-13(21-10)9-20-14(22)8-11-3-2-4-12(7-11)15(16,17)18/h2-7H,8-9H2,1H3,(H,20,22). The van der Waals surface area contributed by atoms with Crippen LogP contribution in [0.4, 0.5) is 13.2 Å². The molecule has 2 aromatic rings. The minimum Gasteiger partial charge on any atom is -0.350 e. The first-order chi connectivity index (χ1) is 10.3. The van der Waals surface area contributed by atoms with E-state index in [0.717, 1.165) is 12.1 Å². The summed E-state index contributed by atoms with van der Waals surface area (Å²) >= 11 is 0. The zero-order valence-electron chi connectivity index (χ0n) is 11.8. The summed E-state index contributed by atoms with van der Waals surface area (Å²) in [6.45, 7) is 1.94. The molecule has 0 saturated heterocycles. The fourth-order valence-electron chi connectivity index (χ4n) is 1.90. The number of carbonyl (C=O) groups excluding carboxylic acids is 1. The van der Waals surface area contributed by atoms with Gasteiger partial charge in [0.25, 0.3) is 0 Å². The van der Waals surface area contributed by atoms with Crippen molar-refractivity contribution in [3.8, 4) is 0 Å². The number of hydrogen-bond acceptors (Lipinski definition) is 3. The number of aromatic nitrogens is 2. The summed E-state index contributed by atoms with van der Waals surface area (Å²) in [6.07, 6.45) is -2.95. The molecule has 0 fully saturated rings. The third-order valence-corrected chi connectivity index (χ3v) is 2.92. The molecule has 4 nitrogen and oxygen atoms in total. The molecule has 0 radical (unpaired) electrons. The van der Waals surface area contributed by atoms with E-state index in [1.165, 1.54) is 12.1 Å². The number of aryl methyl sites for hydroxylation is 1. The normalized spacial score (nSPS) is 11.3. The summed E-state index contributed by atoms with van der Waals surface area (Å²) in [5.74, 6) is 0.222. The first-order valence-corrected chi connectivity index (χ1v) is 6.56. The molecule has 0 aliphatic carbocycles. The highest BCUT2D eigenvalue weighted by atomic mass is 19.4. The van der Waals surface area contributed by atoms with Crippen LogP contribution >= 0.6 is 0 Å². The molecule has 22 heavy (non-hydrogen) atoms. The van der Waals surface area contributed by atoms with Gasteiger partial charge in [0.2, 0.25) is 5.91 Å². The van der Waals surface area contributed by atoms with Crippen molar-refractivity contribution in [3.63, 3.8) is 0 Å². The number of alkyl halides is 3. The molecule has 1 heterocycles. The first-order valence-electron chi connectivity index (χ1n) is 6.56. The van der Waals surface area contributed by atoms with Crippen molar-refractivity contribution in [2.45, 2.75) is 26.1 Å². The Morgan fingerprint density at radius 2 is 2.05 bits per heavy atom. The molecule has 0 aliphatic heterocycles. The van der Waals surface area contributed by atoms with Crippen LogP contribution in [0.2, 0.25) is 0 Å². The zero-order chi connectivity index (χ0) is 16.2. The molecule has 1 aromatic heterocycles. The number of carbonyl (C=O) groups is 1. The highest BCUT2D eigenvalue weighted by molar-refractivity contribution is 5.78. The van der Waals surface area contributed by atoms with Crippen molar-refractivity contribution in [1.82, 2.24) is 15.3 Å². The molecule has 0 aliphatic rings. The Morgan fingerprint density at radius 1 is 1.27 bits per heavy atom. The van der Waals surface area contributed by atoms with E-state index in [2.05, 4.69) is 15.3 Å². The quantitative estimate of drug-likeness (QED) is 0.944. The zero-order valence-corrected chi connectivity index (χ0v) is 11.8. The van der Waals surface area contributed by atoms with Crippen molar-refractivity contribution < 1.29 is 18.0 Å². The van der Waals surface area contributed by atoms with Crippen LogP contribution in [0.3, 0.4) is 0 Å². The second-order valence-electron chi connectivity index (χ2n) is 4.75. The third-order valence-electron chi connectivity index (χ3n) is 2.92. The van der Waals surface area contributed by atoms with Crippen LogP contribution in [0.5, 0.6) is 0 Å². The van der Waals surface area contributed by atoms with Gasteiger partial charge in [-0.2, -0.15) is 13.2 Å². The molecule has 0 spiro atoms. The van der Waals surface area contributed by atoms with Gasteiger partial charge >= 0.3 is 6.18 Å². The topological polar surface area (TPSA) is 54.9 Å². The Labute approximate surface area is 125 Å². The maximum absolute atomic E-state index is 12.6. The summed E-state index contributed by atoms with van der Waals surface area (Å²) in [5, 5.41) is 2.62. The van der Waals surface area contributed by atoms with E-state index in [-0.39, 0.29) is 18.9 Å². The van der Waals surface area contributed by atoms with Crippen LogP contribution in [0.25, 0.3) is 0 Å². The fourth-order valence-corrected chi connectivity index (χ4v) is 1.90. The van der Waals surface area contributed by atoms with Gasteiger partial charge in [0.15, 0.2) is 0 Å². The largest absolute Gasteiger partial charge is 0.416 e. The van der Waals surface area contributed by atoms with Crippen LogP contribution in [-0.2, 0) is 23.9 Å². The fraction of sp³-hybridized carbons (Fsp3) is 0.267. The predicted octanol–water partition coefficient (Wildman–Crippen LogP) is 2.66. The SMILES string of the molecule is Cc1nccc(CNC(=O)Cc2cccc(C(F)(F)F)c2)n1. The van der Waals surface area contributed by atoms with Gasteiger partial charge in [-0.3, -0.25) is 4.79 Å². The van der Waals surface area contributed by atoms with E-state index >= 15 is 0 Å². The summed E-state index contributed by atoms with van der Waals surface area (Å²) in [4.78, 5) is 19.9. The number of hydrogen-bond donors (Lipinski definition) is 1. The lowest BCUT2D eigenvalue weighted by atomic mass is 10.1. The lowest BCUT2D eigenvalue weighted by Crippen LogP contribution is -2.25. The molecule has 0 unspecified atom stereocenters. The number of rotatable bonds is 4. The highest BCUT2D eigenvalue weighted by Gasteiger charge is 2.30. The molecule has 1 amide bonds. The van der Waals surface area contributed by atoms with Gasteiger partial charge in [0.05, 0.1) is 24.2 Å². The monoisotopic (exact) mass is 309 g/mol. The van der Waals surface area contributed by atoms with Gasteiger partial charge in [0.1, 0.15) is 5.82 Å². The van der Waals surface area contributed by atoms with Crippen LogP contribution in [-0.4, -0.2) is 15.9 Å². The Hall–Kier alpha value is -2.44. The van der Waals surface area contributed by atoms with Crippen LogP contribution < -0.4 is 5.32 Å². The van der Waals surface area contributed by atoms with Crippen molar-refractivity contribution in [3.05, 3.63) is 59.2 Å². The van der Waals surface area contributed by atoms with E-state index in [9.17, 15) is 18.0 Å². The van der Waals surface area contributed by atoms with Gasteiger partial charge in [-0.05, 0) is 24.6 Å². The maximum atomic E-state index is 12.6.